The first-order valence-electron chi connectivity index (χ1n) is 5.91. The number of hydrogen-bond donors (Lipinski definition) is 1. The number of nitrogens with one attached hydrogen (secondary N) is 1. The van der Waals surface area contributed by atoms with Crippen molar-refractivity contribution in [2.45, 2.75) is 39.7 Å². The maximum Gasteiger partial charge on any atom is 0.212 e. The van der Waals surface area contributed by atoms with Gasteiger partial charge in [0.05, 0.1) is 17.5 Å². The SMILES string of the molecule is CCCS(=O)(=O)NC(CC)c1ncccc1C. The lowest BCUT2D eigenvalue weighted by Crippen LogP contribution is -2.31. The van der Waals surface area contributed by atoms with Crippen LogP contribution < -0.4 is 4.72 Å². The molecule has 0 amide bonds. The predicted octanol–water partition coefficient (Wildman–Crippen LogP) is 2.17. The van der Waals surface area contributed by atoms with E-state index in [1.165, 1.54) is 0 Å². The number of rotatable bonds is 6. The maximum absolute atomic E-state index is 11.7. The first-order chi connectivity index (χ1) is 8.00. The number of hydrogen-bond acceptors (Lipinski definition) is 3. The van der Waals surface area contributed by atoms with Gasteiger partial charge in [-0.2, -0.15) is 0 Å². The Hall–Kier alpha value is -0.940. The molecule has 4 nitrogen and oxygen atoms in total. The van der Waals surface area contributed by atoms with Gasteiger partial charge in [0.2, 0.25) is 10.0 Å². The smallest absolute Gasteiger partial charge is 0.212 e. The van der Waals surface area contributed by atoms with Crippen molar-refractivity contribution in [2.24, 2.45) is 0 Å². The molecule has 1 heterocycles. The minimum absolute atomic E-state index is 0.162. The second-order valence-corrected chi connectivity index (χ2v) is 5.98. The van der Waals surface area contributed by atoms with E-state index >= 15 is 0 Å². The molecule has 1 aromatic heterocycles. The van der Waals surface area contributed by atoms with Crippen LogP contribution in [0.4, 0.5) is 0 Å². The van der Waals surface area contributed by atoms with Crippen LogP contribution in [0.25, 0.3) is 0 Å². The van der Waals surface area contributed by atoms with Crippen LogP contribution in [0.2, 0.25) is 0 Å². The van der Waals surface area contributed by atoms with E-state index < -0.39 is 10.0 Å². The molecule has 0 saturated carbocycles. The molecule has 0 aliphatic heterocycles. The summed E-state index contributed by atoms with van der Waals surface area (Å²) >= 11 is 0. The molecule has 1 rings (SSSR count). The largest absolute Gasteiger partial charge is 0.259 e. The summed E-state index contributed by atoms with van der Waals surface area (Å²) in [5, 5.41) is 0. The molecule has 1 unspecified atom stereocenters. The van der Waals surface area contributed by atoms with E-state index in [0.29, 0.717) is 12.8 Å². The van der Waals surface area contributed by atoms with Crippen LogP contribution >= 0.6 is 0 Å². The van der Waals surface area contributed by atoms with Crippen LogP contribution in [0.3, 0.4) is 0 Å². The maximum atomic E-state index is 11.7. The van der Waals surface area contributed by atoms with Gasteiger partial charge in [0.25, 0.3) is 0 Å². The van der Waals surface area contributed by atoms with Crippen molar-refractivity contribution >= 4 is 10.0 Å². The third-order valence-electron chi connectivity index (χ3n) is 2.58. The van der Waals surface area contributed by atoms with Crippen LogP contribution in [0.15, 0.2) is 18.3 Å². The van der Waals surface area contributed by atoms with Gasteiger partial charge in [0.1, 0.15) is 0 Å². The van der Waals surface area contributed by atoms with Gasteiger partial charge in [-0.1, -0.05) is 19.9 Å². The van der Waals surface area contributed by atoms with Crippen molar-refractivity contribution in [2.75, 3.05) is 5.75 Å². The lowest BCUT2D eigenvalue weighted by Gasteiger charge is -2.18. The monoisotopic (exact) mass is 256 g/mol. The second-order valence-electron chi connectivity index (χ2n) is 4.10. The van der Waals surface area contributed by atoms with E-state index in [1.807, 2.05) is 32.9 Å². The number of pyridine rings is 1. The van der Waals surface area contributed by atoms with Crippen molar-refractivity contribution in [3.8, 4) is 0 Å². The van der Waals surface area contributed by atoms with E-state index in [-0.39, 0.29) is 11.8 Å². The summed E-state index contributed by atoms with van der Waals surface area (Å²) < 4.78 is 26.2. The highest BCUT2D eigenvalue weighted by atomic mass is 32.2. The van der Waals surface area contributed by atoms with E-state index in [1.54, 1.807) is 6.20 Å². The third-order valence-corrected chi connectivity index (χ3v) is 4.17. The van der Waals surface area contributed by atoms with Gasteiger partial charge < -0.3 is 0 Å². The number of nitrogens with zero attached hydrogens (tertiary/aromatic N) is 1. The van der Waals surface area contributed by atoms with Crippen molar-refractivity contribution in [1.82, 2.24) is 9.71 Å². The molecule has 17 heavy (non-hydrogen) atoms. The molecule has 96 valence electrons. The van der Waals surface area contributed by atoms with E-state index in [0.717, 1.165) is 11.3 Å². The van der Waals surface area contributed by atoms with Gasteiger partial charge in [-0.3, -0.25) is 4.98 Å². The van der Waals surface area contributed by atoms with Gasteiger partial charge in [-0.25, -0.2) is 13.1 Å². The van der Waals surface area contributed by atoms with Crippen LogP contribution in [0, 0.1) is 6.92 Å². The van der Waals surface area contributed by atoms with Crippen LogP contribution in [-0.4, -0.2) is 19.2 Å². The van der Waals surface area contributed by atoms with Crippen molar-refractivity contribution < 1.29 is 8.42 Å². The Morgan fingerprint density at radius 3 is 2.65 bits per heavy atom. The van der Waals surface area contributed by atoms with Crippen molar-refractivity contribution in [3.63, 3.8) is 0 Å². The topological polar surface area (TPSA) is 59.1 Å². The Morgan fingerprint density at radius 1 is 1.41 bits per heavy atom. The van der Waals surface area contributed by atoms with Crippen LogP contribution in [0.1, 0.15) is 44.0 Å². The fraction of sp³-hybridized carbons (Fsp3) is 0.583. The zero-order chi connectivity index (χ0) is 12.9. The molecule has 0 aromatic carbocycles. The summed E-state index contributed by atoms with van der Waals surface area (Å²) in [7, 11) is -3.20. The zero-order valence-corrected chi connectivity index (χ0v) is 11.4. The fourth-order valence-corrected chi connectivity index (χ4v) is 3.11. The summed E-state index contributed by atoms with van der Waals surface area (Å²) in [6.07, 6.45) is 3.01. The van der Waals surface area contributed by atoms with Crippen molar-refractivity contribution in [3.05, 3.63) is 29.6 Å². The lowest BCUT2D eigenvalue weighted by atomic mass is 10.1. The highest BCUT2D eigenvalue weighted by Gasteiger charge is 2.19. The Labute approximate surface area is 104 Å². The summed E-state index contributed by atoms with van der Waals surface area (Å²) in [4.78, 5) is 4.27. The minimum Gasteiger partial charge on any atom is -0.259 e. The highest BCUT2D eigenvalue weighted by molar-refractivity contribution is 7.89. The molecule has 0 aliphatic rings. The normalized spacial score (nSPS) is 13.6. The molecule has 1 N–H and O–H groups in total. The Bertz CT molecular complexity index is 457. The van der Waals surface area contributed by atoms with E-state index in [2.05, 4.69) is 9.71 Å². The molecular weight excluding hydrogens is 236 g/mol. The van der Waals surface area contributed by atoms with Gasteiger partial charge in [0, 0.05) is 6.20 Å². The average Bonchev–Trinajstić information content (AvgIpc) is 2.27. The fourth-order valence-electron chi connectivity index (χ4n) is 1.74. The Balaban J connectivity index is 2.91. The van der Waals surface area contributed by atoms with Crippen molar-refractivity contribution in [1.29, 1.82) is 0 Å². The van der Waals surface area contributed by atoms with Gasteiger partial charge in [-0.15, -0.1) is 0 Å². The van der Waals surface area contributed by atoms with Crippen LogP contribution in [-0.2, 0) is 10.0 Å². The minimum atomic E-state index is -3.20. The molecule has 1 aromatic rings. The van der Waals surface area contributed by atoms with E-state index in [9.17, 15) is 8.42 Å². The molecule has 1 atom stereocenters. The third kappa shape index (κ3) is 4.09. The molecule has 0 radical (unpaired) electrons. The molecular formula is C12H20N2O2S. The molecule has 0 spiro atoms. The Kier molecular flexibility index (Phi) is 5.08. The standard InChI is InChI=1S/C12H20N2O2S/c1-4-9-17(15,16)14-11(5-2)12-10(3)7-6-8-13-12/h6-8,11,14H,4-5,9H2,1-3H3. The Morgan fingerprint density at radius 2 is 2.12 bits per heavy atom. The second kappa shape index (κ2) is 6.12. The molecule has 0 bridgehead atoms. The number of aryl methyl sites for hydroxylation is 1. The summed E-state index contributed by atoms with van der Waals surface area (Å²) in [6, 6.07) is 3.57. The lowest BCUT2D eigenvalue weighted by molar-refractivity contribution is 0.542. The zero-order valence-electron chi connectivity index (χ0n) is 10.6. The highest BCUT2D eigenvalue weighted by Crippen LogP contribution is 2.18. The number of aromatic nitrogens is 1. The molecule has 0 saturated heterocycles. The quantitative estimate of drug-likeness (QED) is 0.848. The molecule has 0 aliphatic carbocycles. The number of sulfonamides is 1. The summed E-state index contributed by atoms with van der Waals surface area (Å²) in [6.45, 7) is 5.75. The summed E-state index contributed by atoms with van der Waals surface area (Å²) in [5.41, 5.74) is 1.83. The summed E-state index contributed by atoms with van der Waals surface area (Å²) in [5.74, 6) is 0.162. The first-order valence-corrected chi connectivity index (χ1v) is 7.57. The molecule has 5 heteroatoms. The van der Waals surface area contributed by atoms with Gasteiger partial charge >= 0.3 is 0 Å². The first kappa shape index (κ1) is 14.1. The van der Waals surface area contributed by atoms with E-state index in [4.69, 9.17) is 0 Å². The predicted molar refractivity (Wildman–Crippen MR) is 69.2 cm³/mol. The van der Waals surface area contributed by atoms with Gasteiger partial charge in [-0.05, 0) is 31.4 Å². The van der Waals surface area contributed by atoms with Crippen LogP contribution in [0.5, 0.6) is 0 Å². The average molecular weight is 256 g/mol. The van der Waals surface area contributed by atoms with Gasteiger partial charge in [0.15, 0.2) is 0 Å². The molecule has 0 fully saturated rings.